The van der Waals surface area contributed by atoms with Crippen molar-refractivity contribution in [2.45, 2.75) is 26.8 Å². The molecule has 1 heterocycles. The SMILES string of the molecule is CCc1c(C(=O)Nc2cc([N+](=O)[O-])ccc2C)cnn1Cc1ccccc1. The Morgan fingerprint density at radius 2 is 1.96 bits per heavy atom. The summed E-state index contributed by atoms with van der Waals surface area (Å²) in [6, 6.07) is 14.3. The second kappa shape index (κ2) is 7.82. The maximum absolute atomic E-state index is 12.8. The number of hydrogen-bond donors (Lipinski definition) is 1. The van der Waals surface area contributed by atoms with Crippen LogP contribution in [0.2, 0.25) is 0 Å². The monoisotopic (exact) mass is 364 g/mol. The molecule has 7 heteroatoms. The third-order valence-electron chi connectivity index (χ3n) is 4.38. The molecule has 0 aliphatic heterocycles. The van der Waals surface area contributed by atoms with E-state index in [9.17, 15) is 14.9 Å². The summed E-state index contributed by atoms with van der Waals surface area (Å²) in [5.41, 5.74) is 3.50. The van der Waals surface area contributed by atoms with Gasteiger partial charge in [-0.1, -0.05) is 43.3 Å². The second-order valence-corrected chi connectivity index (χ2v) is 6.21. The molecule has 7 nitrogen and oxygen atoms in total. The highest BCUT2D eigenvalue weighted by Crippen LogP contribution is 2.23. The molecule has 1 N–H and O–H groups in total. The molecule has 0 bridgehead atoms. The molecule has 0 saturated heterocycles. The van der Waals surface area contributed by atoms with E-state index < -0.39 is 4.92 Å². The van der Waals surface area contributed by atoms with E-state index in [2.05, 4.69) is 10.4 Å². The largest absolute Gasteiger partial charge is 0.321 e. The zero-order valence-corrected chi connectivity index (χ0v) is 15.2. The van der Waals surface area contributed by atoms with Crippen LogP contribution in [0.4, 0.5) is 11.4 Å². The number of nitro benzene ring substituents is 1. The molecule has 0 spiro atoms. The quantitative estimate of drug-likeness (QED) is 0.529. The number of hydrogen-bond acceptors (Lipinski definition) is 4. The Morgan fingerprint density at radius 1 is 1.22 bits per heavy atom. The number of amides is 1. The fraction of sp³-hybridized carbons (Fsp3) is 0.200. The van der Waals surface area contributed by atoms with Gasteiger partial charge in [-0.05, 0) is 24.5 Å². The molecule has 138 valence electrons. The number of nitro groups is 1. The standard InChI is InChI=1S/C20H20N4O3/c1-3-19-17(12-21-23(19)13-15-7-5-4-6-8-15)20(25)22-18-11-16(24(26)27)10-9-14(18)2/h4-12H,3,13H2,1-2H3,(H,22,25). The minimum absolute atomic E-state index is 0.0635. The van der Waals surface area contributed by atoms with Gasteiger partial charge in [-0.25, -0.2) is 0 Å². The van der Waals surface area contributed by atoms with Crippen molar-refractivity contribution in [2.24, 2.45) is 0 Å². The van der Waals surface area contributed by atoms with Crippen LogP contribution >= 0.6 is 0 Å². The third-order valence-corrected chi connectivity index (χ3v) is 4.38. The summed E-state index contributed by atoms with van der Waals surface area (Å²) in [5, 5.41) is 18.1. The first-order valence-electron chi connectivity index (χ1n) is 8.64. The van der Waals surface area contributed by atoms with Crippen molar-refractivity contribution in [1.29, 1.82) is 0 Å². The number of anilines is 1. The summed E-state index contributed by atoms with van der Waals surface area (Å²) < 4.78 is 1.81. The van der Waals surface area contributed by atoms with Gasteiger partial charge in [-0.2, -0.15) is 5.10 Å². The Balaban J connectivity index is 1.85. The Kier molecular flexibility index (Phi) is 5.30. The molecule has 0 aliphatic carbocycles. The van der Waals surface area contributed by atoms with Gasteiger partial charge in [0.2, 0.25) is 0 Å². The summed E-state index contributed by atoms with van der Waals surface area (Å²) in [6.45, 7) is 4.33. The lowest BCUT2D eigenvalue weighted by Crippen LogP contribution is -2.15. The van der Waals surface area contributed by atoms with Crippen LogP contribution in [0.25, 0.3) is 0 Å². The minimum atomic E-state index is -0.482. The number of carbonyl (C=O) groups is 1. The van der Waals surface area contributed by atoms with E-state index in [1.54, 1.807) is 19.2 Å². The number of non-ortho nitro benzene ring substituents is 1. The summed E-state index contributed by atoms with van der Waals surface area (Å²) in [4.78, 5) is 23.3. The van der Waals surface area contributed by atoms with Gasteiger partial charge in [0.15, 0.2) is 0 Å². The van der Waals surface area contributed by atoms with Crippen LogP contribution in [0.1, 0.15) is 34.1 Å². The lowest BCUT2D eigenvalue weighted by molar-refractivity contribution is -0.384. The second-order valence-electron chi connectivity index (χ2n) is 6.21. The molecule has 0 fully saturated rings. The fourth-order valence-corrected chi connectivity index (χ4v) is 2.91. The average Bonchev–Trinajstić information content (AvgIpc) is 3.06. The Morgan fingerprint density at radius 3 is 2.63 bits per heavy atom. The molecule has 3 aromatic rings. The predicted octanol–water partition coefficient (Wildman–Crippen LogP) is 3.96. The maximum atomic E-state index is 12.8. The van der Waals surface area contributed by atoms with Gasteiger partial charge in [-0.3, -0.25) is 19.6 Å². The number of aromatic nitrogens is 2. The van der Waals surface area contributed by atoms with E-state index in [4.69, 9.17) is 0 Å². The smallest absolute Gasteiger partial charge is 0.271 e. The molecular formula is C20H20N4O3. The van der Waals surface area contributed by atoms with E-state index in [0.717, 1.165) is 16.8 Å². The third kappa shape index (κ3) is 4.03. The first kappa shape index (κ1) is 18.3. The number of nitrogens with one attached hydrogen (secondary N) is 1. The Hall–Kier alpha value is -3.48. The van der Waals surface area contributed by atoms with Crippen LogP contribution in [0.3, 0.4) is 0 Å². The van der Waals surface area contributed by atoms with E-state index in [1.165, 1.54) is 12.1 Å². The molecule has 3 rings (SSSR count). The molecule has 0 radical (unpaired) electrons. The van der Waals surface area contributed by atoms with Crippen molar-refractivity contribution in [3.63, 3.8) is 0 Å². The highest BCUT2D eigenvalue weighted by Gasteiger charge is 2.18. The van der Waals surface area contributed by atoms with Gasteiger partial charge in [0.05, 0.1) is 34.6 Å². The zero-order valence-electron chi connectivity index (χ0n) is 15.2. The molecule has 0 saturated carbocycles. The van der Waals surface area contributed by atoms with Crippen LogP contribution < -0.4 is 5.32 Å². The van der Waals surface area contributed by atoms with Crippen LogP contribution in [-0.4, -0.2) is 20.6 Å². The van der Waals surface area contributed by atoms with Crippen molar-refractivity contribution in [3.8, 4) is 0 Å². The highest BCUT2D eigenvalue weighted by molar-refractivity contribution is 6.05. The molecule has 0 atom stereocenters. The van der Waals surface area contributed by atoms with Crippen LogP contribution in [0.15, 0.2) is 54.7 Å². The van der Waals surface area contributed by atoms with Crippen molar-refractivity contribution in [2.75, 3.05) is 5.32 Å². The molecular weight excluding hydrogens is 344 g/mol. The number of rotatable bonds is 6. The molecule has 2 aromatic carbocycles. The normalized spacial score (nSPS) is 10.6. The number of nitrogens with zero attached hydrogens (tertiary/aromatic N) is 3. The number of aryl methyl sites for hydroxylation is 1. The van der Waals surface area contributed by atoms with Gasteiger partial charge >= 0.3 is 0 Å². The first-order chi connectivity index (χ1) is 13.0. The predicted molar refractivity (Wildman–Crippen MR) is 103 cm³/mol. The molecule has 1 aromatic heterocycles. The van der Waals surface area contributed by atoms with Crippen molar-refractivity contribution in [1.82, 2.24) is 9.78 Å². The maximum Gasteiger partial charge on any atom is 0.271 e. The van der Waals surface area contributed by atoms with Gasteiger partial charge in [0, 0.05) is 12.1 Å². The minimum Gasteiger partial charge on any atom is -0.321 e. The summed E-state index contributed by atoms with van der Waals surface area (Å²) in [6.07, 6.45) is 2.19. The van der Waals surface area contributed by atoms with Crippen LogP contribution in [0, 0.1) is 17.0 Å². The van der Waals surface area contributed by atoms with Gasteiger partial charge in [0.25, 0.3) is 11.6 Å². The Bertz CT molecular complexity index is 980. The van der Waals surface area contributed by atoms with Crippen LogP contribution in [0.5, 0.6) is 0 Å². The van der Waals surface area contributed by atoms with Gasteiger partial charge < -0.3 is 5.32 Å². The summed E-state index contributed by atoms with van der Waals surface area (Å²) in [5.74, 6) is -0.324. The van der Waals surface area contributed by atoms with E-state index in [-0.39, 0.29) is 11.6 Å². The summed E-state index contributed by atoms with van der Waals surface area (Å²) in [7, 11) is 0. The first-order valence-corrected chi connectivity index (χ1v) is 8.64. The van der Waals surface area contributed by atoms with E-state index in [0.29, 0.717) is 24.2 Å². The fourth-order valence-electron chi connectivity index (χ4n) is 2.91. The van der Waals surface area contributed by atoms with Crippen molar-refractivity contribution >= 4 is 17.3 Å². The lowest BCUT2D eigenvalue weighted by Gasteiger charge is -2.10. The van der Waals surface area contributed by atoms with Crippen LogP contribution in [-0.2, 0) is 13.0 Å². The zero-order chi connectivity index (χ0) is 19.4. The van der Waals surface area contributed by atoms with Crippen molar-refractivity contribution in [3.05, 3.63) is 87.2 Å². The summed E-state index contributed by atoms with van der Waals surface area (Å²) >= 11 is 0. The lowest BCUT2D eigenvalue weighted by atomic mass is 10.1. The van der Waals surface area contributed by atoms with Gasteiger partial charge in [-0.15, -0.1) is 0 Å². The van der Waals surface area contributed by atoms with E-state index >= 15 is 0 Å². The molecule has 0 unspecified atom stereocenters. The number of carbonyl (C=O) groups excluding carboxylic acids is 1. The molecule has 1 amide bonds. The number of benzene rings is 2. The van der Waals surface area contributed by atoms with E-state index in [1.807, 2.05) is 41.9 Å². The molecule has 0 aliphatic rings. The highest BCUT2D eigenvalue weighted by atomic mass is 16.6. The average molecular weight is 364 g/mol. The van der Waals surface area contributed by atoms with Crippen molar-refractivity contribution < 1.29 is 9.72 Å². The Labute approximate surface area is 156 Å². The van der Waals surface area contributed by atoms with Gasteiger partial charge in [0.1, 0.15) is 0 Å². The molecule has 27 heavy (non-hydrogen) atoms. The topological polar surface area (TPSA) is 90.1 Å².